The quantitative estimate of drug-likeness (QED) is 0.862. The Morgan fingerprint density at radius 1 is 1.44 bits per heavy atom. The van der Waals surface area contributed by atoms with Crippen molar-refractivity contribution in [1.29, 1.82) is 0 Å². The number of aromatic nitrogens is 2. The third kappa shape index (κ3) is 3.01. The van der Waals surface area contributed by atoms with Gasteiger partial charge in [-0.15, -0.1) is 0 Å². The Bertz CT molecular complexity index is 363. The van der Waals surface area contributed by atoms with Gasteiger partial charge in [0.1, 0.15) is 0 Å². The molecule has 1 atom stereocenters. The number of hydrogen-bond donors (Lipinski definition) is 1. The molecule has 0 aliphatic carbocycles. The van der Waals surface area contributed by atoms with Gasteiger partial charge in [0.25, 0.3) is 5.91 Å². The molecule has 6 heteroatoms. The van der Waals surface area contributed by atoms with Gasteiger partial charge >= 0.3 is 6.55 Å². The zero-order valence-corrected chi connectivity index (χ0v) is 9.45. The molecule has 0 aliphatic rings. The van der Waals surface area contributed by atoms with E-state index in [9.17, 15) is 13.6 Å². The molecule has 1 amide bonds. The molecule has 90 valence electrons. The highest BCUT2D eigenvalue weighted by Crippen LogP contribution is 2.10. The van der Waals surface area contributed by atoms with Gasteiger partial charge in [-0.2, -0.15) is 13.9 Å². The highest BCUT2D eigenvalue weighted by molar-refractivity contribution is 5.93. The molecule has 0 aromatic carbocycles. The lowest BCUT2D eigenvalue weighted by molar-refractivity contribution is 0.0565. The van der Waals surface area contributed by atoms with E-state index < -0.39 is 6.55 Å². The molecular formula is C10H15F2N3O. The third-order valence-corrected chi connectivity index (χ3v) is 2.42. The van der Waals surface area contributed by atoms with Crippen molar-refractivity contribution in [3.8, 4) is 0 Å². The number of carbonyl (C=O) groups excluding carboxylic acids is 1. The van der Waals surface area contributed by atoms with Crippen LogP contribution in [0.5, 0.6) is 0 Å². The average molecular weight is 231 g/mol. The van der Waals surface area contributed by atoms with Gasteiger partial charge in [0, 0.05) is 12.2 Å². The Morgan fingerprint density at radius 3 is 2.50 bits per heavy atom. The van der Waals surface area contributed by atoms with E-state index in [1.54, 1.807) is 0 Å². The number of alkyl halides is 2. The largest absolute Gasteiger partial charge is 0.349 e. The number of nitrogens with one attached hydrogen (secondary N) is 1. The Labute approximate surface area is 92.6 Å². The van der Waals surface area contributed by atoms with E-state index in [1.165, 1.54) is 0 Å². The summed E-state index contributed by atoms with van der Waals surface area (Å²) in [5.41, 5.74) is 0.146. The first kappa shape index (κ1) is 12.6. The molecule has 0 saturated heterocycles. The highest BCUT2D eigenvalue weighted by Gasteiger charge is 2.15. The molecule has 0 bridgehead atoms. The van der Waals surface area contributed by atoms with Crippen molar-refractivity contribution >= 4 is 5.91 Å². The Hall–Kier alpha value is -1.46. The fraction of sp³-hybridized carbons (Fsp3) is 0.600. The SMILES string of the molecule is CC(C)C(C)NC(=O)c1cnn(C(F)F)c1. The molecule has 4 nitrogen and oxygen atoms in total. The van der Waals surface area contributed by atoms with Crippen LogP contribution in [0.4, 0.5) is 8.78 Å². The van der Waals surface area contributed by atoms with E-state index in [0.717, 1.165) is 12.4 Å². The van der Waals surface area contributed by atoms with Crippen LogP contribution >= 0.6 is 0 Å². The van der Waals surface area contributed by atoms with Crippen LogP contribution in [0.15, 0.2) is 12.4 Å². The summed E-state index contributed by atoms with van der Waals surface area (Å²) in [5.74, 6) is -0.0952. The van der Waals surface area contributed by atoms with Gasteiger partial charge in [-0.05, 0) is 12.8 Å². The smallest absolute Gasteiger partial charge is 0.333 e. The molecule has 0 aliphatic heterocycles. The molecular weight excluding hydrogens is 216 g/mol. The summed E-state index contributed by atoms with van der Waals surface area (Å²) in [6.07, 6.45) is 2.17. The maximum atomic E-state index is 12.2. The lowest BCUT2D eigenvalue weighted by Gasteiger charge is -2.16. The molecule has 0 saturated carbocycles. The summed E-state index contributed by atoms with van der Waals surface area (Å²) in [5, 5.41) is 6.11. The first-order valence-corrected chi connectivity index (χ1v) is 5.05. The van der Waals surface area contributed by atoms with Gasteiger partial charge in [-0.1, -0.05) is 13.8 Å². The molecule has 1 N–H and O–H groups in total. The van der Waals surface area contributed by atoms with Gasteiger partial charge in [0.05, 0.1) is 11.8 Å². The Balaban J connectivity index is 2.66. The van der Waals surface area contributed by atoms with Crippen molar-refractivity contribution in [3.05, 3.63) is 18.0 Å². The van der Waals surface area contributed by atoms with Crippen LogP contribution in [-0.4, -0.2) is 21.7 Å². The third-order valence-electron chi connectivity index (χ3n) is 2.42. The van der Waals surface area contributed by atoms with Crippen molar-refractivity contribution in [2.45, 2.75) is 33.4 Å². The van der Waals surface area contributed by atoms with E-state index >= 15 is 0 Å². The first-order valence-electron chi connectivity index (χ1n) is 5.05. The fourth-order valence-corrected chi connectivity index (χ4v) is 1.02. The van der Waals surface area contributed by atoms with Crippen LogP contribution in [-0.2, 0) is 0 Å². The summed E-state index contributed by atoms with van der Waals surface area (Å²) < 4.78 is 24.9. The van der Waals surface area contributed by atoms with E-state index in [0.29, 0.717) is 4.68 Å². The molecule has 16 heavy (non-hydrogen) atoms. The molecule has 1 aromatic heterocycles. The van der Waals surface area contributed by atoms with E-state index in [2.05, 4.69) is 10.4 Å². The van der Waals surface area contributed by atoms with Crippen LogP contribution in [0.2, 0.25) is 0 Å². The van der Waals surface area contributed by atoms with Crippen LogP contribution in [0, 0.1) is 5.92 Å². The number of nitrogens with zero attached hydrogens (tertiary/aromatic N) is 2. The number of amides is 1. The van der Waals surface area contributed by atoms with Crippen molar-refractivity contribution in [1.82, 2.24) is 15.1 Å². The number of rotatable bonds is 4. The average Bonchev–Trinajstić information content (AvgIpc) is 2.65. The van der Waals surface area contributed by atoms with Crippen molar-refractivity contribution in [2.24, 2.45) is 5.92 Å². The first-order chi connectivity index (χ1) is 7.41. The highest BCUT2D eigenvalue weighted by atomic mass is 19.3. The maximum Gasteiger partial charge on any atom is 0.333 e. The number of carbonyl (C=O) groups is 1. The maximum absolute atomic E-state index is 12.2. The van der Waals surface area contributed by atoms with Crippen LogP contribution in [0.25, 0.3) is 0 Å². The topological polar surface area (TPSA) is 46.9 Å². The second-order valence-electron chi connectivity index (χ2n) is 3.99. The molecule has 0 spiro atoms. The van der Waals surface area contributed by atoms with Gasteiger partial charge in [0.2, 0.25) is 0 Å². The van der Waals surface area contributed by atoms with Gasteiger partial charge in [-0.3, -0.25) is 4.79 Å². The summed E-state index contributed by atoms with van der Waals surface area (Å²) in [6, 6.07) is -0.0117. The van der Waals surface area contributed by atoms with Gasteiger partial charge in [0.15, 0.2) is 0 Å². The number of hydrogen-bond acceptors (Lipinski definition) is 2. The minimum Gasteiger partial charge on any atom is -0.349 e. The molecule has 1 unspecified atom stereocenters. The summed E-state index contributed by atoms with van der Waals surface area (Å²) in [6.45, 7) is 3.07. The molecule has 1 heterocycles. The summed E-state index contributed by atoms with van der Waals surface area (Å²) in [4.78, 5) is 11.6. The van der Waals surface area contributed by atoms with Crippen molar-refractivity contribution in [3.63, 3.8) is 0 Å². The standard InChI is InChI=1S/C10H15F2N3O/c1-6(2)7(3)14-9(16)8-4-13-15(5-8)10(11)12/h4-7,10H,1-3H3,(H,14,16). The minimum absolute atomic E-state index is 0.0117. The van der Waals surface area contributed by atoms with Gasteiger partial charge in [-0.25, -0.2) is 4.68 Å². The van der Waals surface area contributed by atoms with Crippen molar-refractivity contribution in [2.75, 3.05) is 0 Å². The second kappa shape index (κ2) is 5.05. The second-order valence-corrected chi connectivity index (χ2v) is 3.99. The number of halogens is 2. The predicted octanol–water partition coefficient (Wildman–Crippen LogP) is 2.05. The Kier molecular flexibility index (Phi) is 3.98. The van der Waals surface area contributed by atoms with Gasteiger partial charge < -0.3 is 5.32 Å². The molecule has 0 radical (unpaired) electrons. The van der Waals surface area contributed by atoms with Crippen LogP contribution in [0.3, 0.4) is 0 Å². The fourth-order valence-electron chi connectivity index (χ4n) is 1.02. The van der Waals surface area contributed by atoms with Crippen molar-refractivity contribution < 1.29 is 13.6 Å². The van der Waals surface area contributed by atoms with Crippen LogP contribution in [0.1, 0.15) is 37.7 Å². The zero-order valence-electron chi connectivity index (χ0n) is 9.45. The monoisotopic (exact) mass is 231 g/mol. The normalized spacial score (nSPS) is 13.2. The van der Waals surface area contributed by atoms with Crippen LogP contribution < -0.4 is 5.32 Å². The van der Waals surface area contributed by atoms with E-state index in [4.69, 9.17) is 0 Å². The molecule has 0 fully saturated rings. The summed E-state index contributed by atoms with van der Waals surface area (Å²) in [7, 11) is 0. The Morgan fingerprint density at radius 2 is 2.06 bits per heavy atom. The van der Waals surface area contributed by atoms with E-state index in [-0.39, 0.29) is 23.4 Å². The predicted molar refractivity (Wildman–Crippen MR) is 55.2 cm³/mol. The minimum atomic E-state index is -2.72. The molecule has 1 aromatic rings. The zero-order chi connectivity index (χ0) is 12.3. The van der Waals surface area contributed by atoms with E-state index in [1.807, 2.05) is 20.8 Å². The lowest BCUT2D eigenvalue weighted by atomic mass is 10.1. The lowest BCUT2D eigenvalue weighted by Crippen LogP contribution is -2.35. The molecule has 1 rings (SSSR count). The summed E-state index contributed by atoms with van der Waals surface area (Å²) >= 11 is 0.